The molecule has 0 aromatic carbocycles. The maximum absolute atomic E-state index is 11.5. The summed E-state index contributed by atoms with van der Waals surface area (Å²) < 4.78 is 0. The molecule has 0 bridgehead atoms. The normalized spacial score (nSPS) is 12.5. The highest BCUT2D eigenvalue weighted by atomic mass is 16.1. The summed E-state index contributed by atoms with van der Waals surface area (Å²) in [6.45, 7) is 7.05. The van der Waals surface area contributed by atoms with Crippen molar-refractivity contribution in [3.8, 4) is 0 Å². The molecule has 0 spiro atoms. The van der Waals surface area contributed by atoms with Gasteiger partial charge in [0.05, 0.1) is 12.2 Å². The molecule has 17 heavy (non-hydrogen) atoms. The fraction of sp³-hybridized carbons (Fsp3) is 0.583. The lowest BCUT2D eigenvalue weighted by Gasteiger charge is -2.17. The van der Waals surface area contributed by atoms with Gasteiger partial charge in [-0.15, -0.1) is 0 Å². The molecule has 94 valence electrons. The van der Waals surface area contributed by atoms with E-state index in [1.165, 1.54) is 6.33 Å². The van der Waals surface area contributed by atoms with Crippen LogP contribution in [-0.2, 0) is 11.3 Å². The van der Waals surface area contributed by atoms with Crippen molar-refractivity contribution in [2.45, 2.75) is 33.4 Å². The first-order valence-corrected chi connectivity index (χ1v) is 5.84. The standard InChI is InChI=1S/C12H20N4O/c1-9(2)10(3)16-12(17)7-14-6-11-4-5-13-8-15-11/h4-5,8-10,14H,6-7H2,1-3H3,(H,16,17). The minimum Gasteiger partial charge on any atom is -0.352 e. The molecule has 0 saturated carbocycles. The number of carbonyl (C=O) groups is 1. The second-order valence-corrected chi connectivity index (χ2v) is 4.40. The zero-order chi connectivity index (χ0) is 12.7. The van der Waals surface area contributed by atoms with E-state index < -0.39 is 0 Å². The predicted molar refractivity (Wildman–Crippen MR) is 66.2 cm³/mol. The lowest BCUT2D eigenvalue weighted by atomic mass is 10.1. The van der Waals surface area contributed by atoms with E-state index >= 15 is 0 Å². The molecule has 2 N–H and O–H groups in total. The van der Waals surface area contributed by atoms with Crippen molar-refractivity contribution in [1.29, 1.82) is 0 Å². The Bertz CT molecular complexity index is 340. The lowest BCUT2D eigenvalue weighted by Crippen LogP contribution is -2.41. The first-order chi connectivity index (χ1) is 8.09. The summed E-state index contributed by atoms with van der Waals surface area (Å²) in [7, 11) is 0. The molecular formula is C12H20N4O. The van der Waals surface area contributed by atoms with Crippen LogP contribution in [0.1, 0.15) is 26.5 Å². The molecule has 5 heteroatoms. The van der Waals surface area contributed by atoms with Gasteiger partial charge in [0.1, 0.15) is 6.33 Å². The van der Waals surface area contributed by atoms with Crippen LogP contribution in [0.4, 0.5) is 0 Å². The molecule has 1 aromatic rings. The maximum Gasteiger partial charge on any atom is 0.234 e. The highest BCUT2D eigenvalue weighted by Crippen LogP contribution is 1.98. The van der Waals surface area contributed by atoms with Crippen LogP contribution in [0.25, 0.3) is 0 Å². The number of carbonyl (C=O) groups excluding carboxylic acids is 1. The van der Waals surface area contributed by atoms with Crippen molar-refractivity contribution in [3.63, 3.8) is 0 Å². The minimum absolute atomic E-state index is 0.0141. The van der Waals surface area contributed by atoms with Crippen LogP contribution in [0, 0.1) is 5.92 Å². The SMILES string of the molecule is CC(C)C(C)NC(=O)CNCc1ccncn1. The Kier molecular flexibility index (Phi) is 5.56. The van der Waals surface area contributed by atoms with Crippen molar-refractivity contribution in [1.82, 2.24) is 20.6 Å². The second kappa shape index (κ2) is 6.96. The van der Waals surface area contributed by atoms with Crippen LogP contribution in [0.2, 0.25) is 0 Å². The number of rotatable bonds is 6. The Morgan fingerprint density at radius 3 is 2.76 bits per heavy atom. The van der Waals surface area contributed by atoms with Crippen LogP contribution in [0.15, 0.2) is 18.6 Å². The van der Waals surface area contributed by atoms with Gasteiger partial charge in [0.15, 0.2) is 0 Å². The smallest absolute Gasteiger partial charge is 0.234 e. The fourth-order valence-electron chi connectivity index (χ4n) is 1.20. The number of hydrogen-bond donors (Lipinski definition) is 2. The van der Waals surface area contributed by atoms with Crippen LogP contribution in [0.3, 0.4) is 0 Å². The quantitative estimate of drug-likeness (QED) is 0.764. The van der Waals surface area contributed by atoms with Crippen molar-refractivity contribution in [3.05, 3.63) is 24.3 Å². The molecule has 0 fully saturated rings. The number of amides is 1. The van der Waals surface area contributed by atoms with Gasteiger partial charge < -0.3 is 10.6 Å². The second-order valence-electron chi connectivity index (χ2n) is 4.40. The summed E-state index contributed by atoms with van der Waals surface area (Å²) in [5.74, 6) is 0.459. The van der Waals surface area contributed by atoms with Gasteiger partial charge in [-0.25, -0.2) is 9.97 Å². The average molecular weight is 236 g/mol. The van der Waals surface area contributed by atoms with Gasteiger partial charge in [-0.2, -0.15) is 0 Å². The number of aromatic nitrogens is 2. The minimum atomic E-state index is 0.0141. The zero-order valence-electron chi connectivity index (χ0n) is 10.6. The van der Waals surface area contributed by atoms with Gasteiger partial charge >= 0.3 is 0 Å². The molecule has 1 atom stereocenters. The highest BCUT2D eigenvalue weighted by molar-refractivity contribution is 5.78. The van der Waals surface area contributed by atoms with Gasteiger partial charge in [0.2, 0.25) is 5.91 Å². The molecule has 0 aliphatic carbocycles. The maximum atomic E-state index is 11.5. The van der Waals surface area contributed by atoms with Gasteiger partial charge in [0.25, 0.3) is 0 Å². The highest BCUT2D eigenvalue weighted by Gasteiger charge is 2.09. The van der Waals surface area contributed by atoms with E-state index in [1.807, 2.05) is 13.0 Å². The summed E-state index contributed by atoms with van der Waals surface area (Å²) in [6, 6.07) is 2.02. The van der Waals surface area contributed by atoms with E-state index in [2.05, 4.69) is 34.4 Å². The molecule has 0 aliphatic rings. The average Bonchev–Trinajstić information content (AvgIpc) is 2.30. The topological polar surface area (TPSA) is 66.9 Å². The Morgan fingerprint density at radius 1 is 1.41 bits per heavy atom. The van der Waals surface area contributed by atoms with Crippen molar-refractivity contribution in [2.75, 3.05) is 6.54 Å². The molecule has 1 unspecified atom stereocenters. The number of nitrogens with zero attached hydrogens (tertiary/aromatic N) is 2. The first-order valence-electron chi connectivity index (χ1n) is 5.84. The lowest BCUT2D eigenvalue weighted by molar-refractivity contribution is -0.121. The fourth-order valence-corrected chi connectivity index (χ4v) is 1.20. The van der Waals surface area contributed by atoms with Gasteiger partial charge in [-0.05, 0) is 18.9 Å². The molecule has 0 aliphatic heterocycles. The Morgan fingerprint density at radius 2 is 2.18 bits per heavy atom. The van der Waals surface area contributed by atoms with Crippen molar-refractivity contribution in [2.24, 2.45) is 5.92 Å². The van der Waals surface area contributed by atoms with E-state index in [0.717, 1.165) is 5.69 Å². The van der Waals surface area contributed by atoms with Crippen molar-refractivity contribution >= 4 is 5.91 Å². The number of nitrogens with one attached hydrogen (secondary N) is 2. The van der Waals surface area contributed by atoms with Crippen LogP contribution in [0.5, 0.6) is 0 Å². The van der Waals surface area contributed by atoms with Gasteiger partial charge in [0, 0.05) is 18.8 Å². The summed E-state index contributed by atoms with van der Waals surface area (Å²) in [4.78, 5) is 19.4. The van der Waals surface area contributed by atoms with Crippen LogP contribution < -0.4 is 10.6 Å². The Balaban J connectivity index is 2.21. The molecule has 1 aromatic heterocycles. The molecule has 1 amide bonds. The summed E-state index contributed by atoms with van der Waals surface area (Å²) in [5.41, 5.74) is 0.879. The van der Waals surface area contributed by atoms with E-state index in [0.29, 0.717) is 19.0 Å². The van der Waals surface area contributed by atoms with E-state index in [-0.39, 0.29) is 11.9 Å². The third-order valence-electron chi connectivity index (χ3n) is 2.62. The zero-order valence-corrected chi connectivity index (χ0v) is 10.6. The molecule has 0 radical (unpaired) electrons. The predicted octanol–water partition coefficient (Wildman–Crippen LogP) is 0.727. The Hall–Kier alpha value is -1.49. The Labute approximate surface area is 102 Å². The molecular weight excluding hydrogens is 216 g/mol. The summed E-state index contributed by atoms with van der Waals surface area (Å²) in [6.07, 6.45) is 3.18. The molecule has 0 saturated heterocycles. The largest absolute Gasteiger partial charge is 0.352 e. The first kappa shape index (κ1) is 13.6. The van der Waals surface area contributed by atoms with Crippen molar-refractivity contribution < 1.29 is 4.79 Å². The van der Waals surface area contributed by atoms with E-state index in [1.54, 1.807) is 6.20 Å². The molecule has 5 nitrogen and oxygen atoms in total. The van der Waals surface area contributed by atoms with Crippen LogP contribution >= 0.6 is 0 Å². The third-order valence-corrected chi connectivity index (χ3v) is 2.62. The van der Waals surface area contributed by atoms with E-state index in [4.69, 9.17) is 0 Å². The van der Waals surface area contributed by atoms with E-state index in [9.17, 15) is 4.79 Å². The van der Waals surface area contributed by atoms with Crippen LogP contribution in [-0.4, -0.2) is 28.5 Å². The monoisotopic (exact) mass is 236 g/mol. The number of hydrogen-bond acceptors (Lipinski definition) is 4. The summed E-state index contributed by atoms with van der Waals surface area (Å²) >= 11 is 0. The van der Waals surface area contributed by atoms with Gasteiger partial charge in [-0.1, -0.05) is 13.8 Å². The molecule has 1 rings (SSSR count). The van der Waals surface area contributed by atoms with Gasteiger partial charge in [-0.3, -0.25) is 4.79 Å². The third kappa shape index (κ3) is 5.40. The molecule has 1 heterocycles. The summed E-state index contributed by atoms with van der Waals surface area (Å²) in [5, 5.41) is 5.97.